The molecule has 2 aromatic carbocycles. The lowest BCUT2D eigenvalue weighted by Crippen LogP contribution is -2.31. The first-order valence-corrected chi connectivity index (χ1v) is 8.85. The van der Waals surface area contributed by atoms with Gasteiger partial charge >= 0.3 is 5.97 Å². The smallest absolute Gasteiger partial charge is 0.343 e. The molecule has 1 heterocycles. The summed E-state index contributed by atoms with van der Waals surface area (Å²) in [6, 6.07) is 16.4. The van der Waals surface area contributed by atoms with E-state index in [1.54, 1.807) is 13.0 Å². The van der Waals surface area contributed by atoms with Gasteiger partial charge in [0.05, 0.1) is 17.7 Å². The molecule has 0 N–H and O–H groups in total. The number of non-ortho nitro benzene ring substituents is 1. The van der Waals surface area contributed by atoms with Crippen molar-refractivity contribution in [2.75, 3.05) is 6.61 Å². The van der Waals surface area contributed by atoms with Gasteiger partial charge in [-0.2, -0.15) is 4.73 Å². The van der Waals surface area contributed by atoms with Crippen LogP contribution in [0.4, 0.5) is 5.69 Å². The maximum Gasteiger partial charge on any atom is 0.343 e. The van der Waals surface area contributed by atoms with Gasteiger partial charge in [-0.3, -0.25) is 14.9 Å². The summed E-state index contributed by atoms with van der Waals surface area (Å²) in [6.45, 7) is 1.83. The van der Waals surface area contributed by atoms with E-state index in [2.05, 4.69) is 0 Å². The van der Waals surface area contributed by atoms with Crippen molar-refractivity contribution in [3.05, 3.63) is 98.5 Å². The molecular formula is C21H18N2O6. The number of esters is 1. The van der Waals surface area contributed by atoms with Crippen LogP contribution >= 0.6 is 0 Å². The SMILES string of the molecule is CCOC(=O)c1cc(-c2cccc([N+](=O)[O-])c2)cn(OCc2ccccc2)c1=O. The average molecular weight is 394 g/mol. The van der Waals surface area contributed by atoms with Gasteiger partial charge in [-0.25, -0.2) is 4.79 Å². The zero-order chi connectivity index (χ0) is 20.8. The summed E-state index contributed by atoms with van der Waals surface area (Å²) in [6.07, 6.45) is 1.40. The van der Waals surface area contributed by atoms with Crippen molar-refractivity contribution in [1.82, 2.24) is 4.73 Å². The Kier molecular flexibility index (Phi) is 6.03. The van der Waals surface area contributed by atoms with E-state index < -0.39 is 16.5 Å². The number of hydrogen-bond acceptors (Lipinski definition) is 6. The summed E-state index contributed by atoms with van der Waals surface area (Å²) in [4.78, 5) is 41.1. The molecule has 29 heavy (non-hydrogen) atoms. The van der Waals surface area contributed by atoms with E-state index >= 15 is 0 Å². The highest BCUT2D eigenvalue weighted by molar-refractivity contribution is 5.90. The van der Waals surface area contributed by atoms with Crippen LogP contribution in [0.1, 0.15) is 22.8 Å². The number of carbonyl (C=O) groups excluding carboxylic acids is 1. The van der Waals surface area contributed by atoms with Crippen LogP contribution in [0.2, 0.25) is 0 Å². The predicted octanol–water partition coefficient (Wildman–Crippen LogP) is 3.23. The van der Waals surface area contributed by atoms with E-state index in [0.717, 1.165) is 10.3 Å². The fourth-order valence-corrected chi connectivity index (χ4v) is 2.68. The molecule has 0 unspecified atom stereocenters. The molecule has 0 aliphatic heterocycles. The fraction of sp³-hybridized carbons (Fsp3) is 0.143. The minimum Gasteiger partial charge on any atom is -0.462 e. The Morgan fingerprint density at radius 1 is 1.07 bits per heavy atom. The standard InChI is InChI=1S/C21H18N2O6/c1-2-28-21(25)19-12-17(16-9-6-10-18(11-16)23(26)27)13-22(20(19)24)29-14-15-7-4-3-5-8-15/h3-13H,2,14H2,1H3. The number of pyridine rings is 1. The van der Waals surface area contributed by atoms with Crippen LogP contribution in [-0.4, -0.2) is 22.2 Å². The lowest BCUT2D eigenvalue weighted by molar-refractivity contribution is -0.384. The van der Waals surface area contributed by atoms with Gasteiger partial charge in [0.15, 0.2) is 0 Å². The normalized spacial score (nSPS) is 10.4. The number of nitrogens with zero attached hydrogens (tertiary/aromatic N) is 2. The zero-order valence-corrected chi connectivity index (χ0v) is 15.6. The van der Waals surface area contributed by atoms with E-state index in [4.69, 9.17) is 9.57 Å². The largest absolute Gasteiger partial charge is 0.462 e. The van der Waals surface area contributed by atoms with Crippen LogP contribution in [0.15, 0.2) is 71.7 Å². The van der Waals surface area contributed by atoms with E-state index in [1.165, 1.54) is 30.5 Å². The minimum atomic E-state index is -0.790. The van der Waals surface area contributed by atoms with Crippen molar-refractivity contribution in [2.24, 2.45) is 0 Å². The Hall–Kier alpha value is -3.94. The molecule has 0 aliphatic carbocycles. The summed E-state index contributed by atoms with van der Waals surface area (Å²) in [5.74, 6) is -0.790. The molecule has 8 nitrogen and oxygen atoms in total. The van der Waals surface area contributed by atoms with Gasteiger partial charge in [0.25, 0.3) is 11.2 Å². The highest BCUT2D eigenvalue weighted by atomic mass is 16.7. The van der Waals surface area contributed by atoms with Crippen molar-refractivity contribution >= 4 is 11.7 Å². The van der Waals surface area contributed by atoms with Gasteiger partial charge in [-0.15, -0.1) is 0 Å². The number of nitro groups is 1. The van der Waals surface area contributed by atoms with Crippen molar-refractivity contribution in [1.29, 1.82) is 0 Å². The van der Waals surface area contributed by atoms with Gasteiger partial charge in [-0.1, -0.05) is 42.5 Å². The molecule has 1 aromatic heterocycles. The summed E-state index contributed by atoms with van der Waals surface area (Å²) in [5.41, 5.74) is 0.699. The van der Waals surface area contributed by atoms with Gasteiger partial charge < -0.3 is 9.57 Å². The second-order valence-corrected chi connectivity index (χ2v) is 6.06. The number of rotatable bonds is 7. The molecule has 148 valence electrons. The van der Waals surface area contributed by atoms with Crippen LogP contribution in [0, 0.1) is 10.1 Å². The monoisotopic (exact) mass is 394 g/mol. The molecule has 0 spiro atoms. The molecule has 0 radical (unpaired) electrons. The van der Waals surface area contributed by atoms with Gasteiger partial charge in [0.2, 0.25) is 0 Å². The average Bonchev–Trinajstić information content (AvgIpc) is 2.74. The zero-order valence-electron chi connectivity index (χ0n) is 15.6. The minimum absolute atomic E-state index is 0.0986. The van der Waals surface area contributed by atoms with Crippen molar-refractivity contribution in [3.8, 4) is 11.1 Å². The lowest BCUT2D eigenvalue weighted by atomic mass is 10.1. The van der Waals surface area contributed by atoms with Crippen molar-refractivity contribution in [2.45, 2.75) is 13.5 Å². The van der Waals surface area contributed by atoms with Crippen LogP contribution < -0.4 is 10.4 Å². The van der Waals surface area contributed by atoms with Gasteiger partial charge in [0, 0.05) is 17.7 Å². The molecule has 0 bridgehead atoms. The Balaban J connectivity index is 2.05. The maximum atomic E-state index is 12.7. The molecule has 0 aliphatic rings. The van der Waals surface area contributed by atoms with Crippen LogP contribution in [0.3, 0.4) is 0 Å². The number of aromatic nitrogens is 1. The number of ether oxygens (including phenoxy) is 1. The molecule has 0 amide bonds. The molecule has 0 atom stereocenters. The summed E-state index contributed by atoms with van der Waals surface area (Å²) in [7, 11) is 0. The highest BCUT2D eigenvalue weighted by Crippen LogP contribution is 2.24. The number of carbonyl (C=O) groups is 1. The van der Waals surface area contributed by atoms with Crippen molar-refractivity contribution in [3.63, 3.8) is 0 Å². The third kappa shape index (κ3) is 4.67. The molecule has 8 heteroatoms. The maximum absolute atomic E-state index is 12.7. The van der Waals surface area contributed by atoms with Crippen LogP contribution in [0.25, 0.3) is 11.1 Å². The predicted molar refractivity (Wildman–Crippen MR) is 105 cm³/mol. The van der Waals surface area contributed by atoms with Gasteiger partial charge in [-0.05, 0) is 24.1 Å². The third-order valence-electron chi connectivity index (χ3n) is 4.09. The van der Waals surface area contributed by atoms with Crippen LogP contribution in [-0.2, 0) is 11.3 Å². The second-order valence-electron chi connectivity index (χ2n) is 6.06. The van der Waals surface area contributed by atoms with E-state index in [9.17, 15) is 19.7 Å². The molecule has 3 aromatic rings. The van der Waals surface area contributed by atoms with Crippen molar-refractivity contribution < 1.29 is 19.3 Å². The number of benzene rings is 2. The fourth-order valence-electron chi connectivity index (χ4n) is 2.68. The Morgan fingerprint density at radius 3 is 2.52 bits per heavy atom. The molecule has 3 rings (SSSR count). The summed E-state index contributed by atoms with van der Waals surface area (Å²) in [5, 5.41) is 11.1. The topological polar surface area (TPSA) is 101 Å². The van der Waals surface area contributed by atoms with E-state index in [1.807, 2.05) is 30.3 Å². The number of nitro benzene ring substituents is 1. The Morgan fingerprint density at radius 2 is 1.83 bits per heavy atom. The van der Waals surface area contributed by atoms with Gasteiger partial charge in [0.1, 0.15) is 12.2 Å². The molecular weight excluding hydrogens is 376 g/mol. The second kappa shape index (κ2) is 8.83. The highest BCUT2D eigenvalue weighted by Gasteiger charge is 2.18. The Bertz CT molecular complexity index is 1090. The first kappa shape index (κ1) is 19.8. The number of hydrogen-bond donors (Lipinski definition) is 0. The Labute approximate surface area is 166 Å². The van der Waals surface area contributed by atoms with Crippen LogP contribution in [0.5, 0.6) is 0 Å². The molecule has 0 saturated heterocycles. The summed E-state index contributed by atoms with van der Waals surface area (Å²) < 4.78 is 5.92. The van der Waals surface area contributed by atoms with E-state index in [0.29, 0.717) is 11.1 Å². The quantitative estimate of drug-likeness (QED) is 0.346. The molecule has 0 saturated carbocycles. The molecule has 0 fully saturated rings. The lowest BCUT2D eigenvalue weighted by Gasteiger charge is -2.13. The van der Waals surface area contributed by atoms with E-state index in [-0.39, 0.29) is 24.5 Å². The third-order valence-corrected chi connectivity index (χ3v) is 4.09. The summed E-state index contributed by atoms with van der Waals surface area (Å²) >= 11 is 0. The first-order chi connectivity index (χ1) is 14.0. The first-order valence-electron chi connectivity index (χ1n) is 8.85.